The van der Waals surface area contributed by atoms with Crippen molar-refractivity contribution < 1.29 is 4.79 Å². The number of piperidine rings is 1. The van der Waals surface area contributed by atoms with Crippen LogP contribution in [0.3, 0.4) is 0 Å². The maximum Gasteiger partial charge on any atom is 0.287 e. The van der Waals surface area contributed by atoms with Crippen LogP contribution in [-0.4, -0.2) is 34.6 Å². The fraction of sp³-hybridized carbons (Fsp3) is 0.375. The number of nitrogens with one attached hydrogen (secondary N) is 1. The highest BCUT2D eigenvalue weighted by atomic mass is 16.2. The summed E-state index contributed by atoms with van der Waals surface area (Å²) in [5.41, 5.74) is 1.26. The second-order valence-electron chi connectivity index (χ2n) is 5.43. The molecule has 1 aromatic heterocycles. The largest absolute Gasteiger partial charge is 0.371 e. The first-order valence-electron chi connectivity index (χ1n) is 7.32. The first-order valence-corrected chi connectivity index (χ1v) is 7.32. The van der Waals surface area contributed by atoms with Gasteiger partial charge in [-0.05, 0) is 25.0 Å². The molecule has 1 aliphatic heterocycles. The maximum absolute atomic E-state index is 12.1. The highest BCUT2D eigenvalue weighted by molar-refractivity contribution is 5.90. The summed E-state index contributed by atoms with van der Waals surface area (Å²) in [4.78, 5) is 18.6. The molecule has 0 aliphatic carbocycles. The summed E-state index contributed by atoms with van der Waals surface area (Å²) in [5.74, 6) is 0.390. The zero-order valence-electron chi connectivity index (χ0n) is 12.2. The summed E-state index contributed by atoms with van der Waals surface area (Å²) >= 11 is 0. The van der Waals surface area contributed by atoms with Crippen molar-refractivity contribution in [2.24, 2.45) is 7.05 Å². The Balaban J connectivity index is 1.55. The Morgan fingerprint density at radius 3 is 2.57 bits per heavy atom. The lowest BCUT2D eigenvalue weighted by molar-refractivity contribution is 0.0917. The summed E-state index contributed by atoms with van der Waals surface area (Å²) in [5, 5.41) is 3.09. The Morgan fingerprint density at radius 1 is 1.24 bits per heavy atom. The van der Waals surface area contributed by atoms with E-state index in [4.69, 9.17) is 0 Å². The van der Waals surface area contributed by atoms with Gasteiger partial charge >= 0.3 is 0 Å². The van der Waals surface area contributed by atoms with Crippen LogP contribution in [0.2, 0.25) is 0 Å². The van der Waals surface area contributed by atoms with E-state index in [1.54, 1.807) is 17.0 Å². The van der Waals surface area contributed by atoms with Crippen LogP contribution < -0.4 is 10.2 Å². The molecule has 1 fully saturated rings. The van der Waals surface area contributed by atoms with Crippen molar-refractivity contribution >= 4 is 11.6 Å². The Morgan fingerprint density at radius 2 is 1.95 bits per heavy atom. The number of benzene rings is 1. The SMILES string of the molecule is Cn1ccnc1C(=O)NC1CCN(c2ccccc2)CC1. The predicted molar refractivity (Wildman–Crippen MR) is 82.4 cm³/mol. The highest BCUT2D eigenvalue weighted by Gasteiger charge is 2.22. The van der Waals surface area contributed by atoms with Gasteiger partial charge in [-0.1, -0.05) is 18.2 Å². The molecular formula is C16H20N4O. The Bertz CT molecular complexity index is 600. The molecular weight excluding hydrogens is 264 g/mol. The number of hydrogen-bond acceptors (Lipinski definition) is 3. The Hall–Kier alpha value is -2.30. The molecule has 0 radical (unpaired) electrons. The van der Waals surface area contributed by atoms with Gasteiger partial charge in [0, 0.05) is 44.3 Å². The van der Waals surface area contributed by atoms with E-state index < -0.39 is 0 Å². The standard InChI is InChI=1S/C16H20N4O/c1-19-12-9-17-15(19)16(21)18-13-7-10-20(11-8-13)14-5-3-2-4-6-14/h2-6,9,12-13H,7-8,10-11H2,1H3,(H,18,21). The number of aryl methyl sites for hydroxylation is 1. The minimum Gasteiger partial charge on any atom is -0.371 e. The van der Waals surface area contributed by atoms with Crippen molar-refractivity contribution in [3.8, 4) is 0 Å². The second-order valence-corrected chi connectivity index (χ2v) is 5.43. The van der Waals surface area contributed by atoms with E-state index in [0.717, 1.165) is 25.9 Å². The molecule has 2 aromatic rings. The average Bonchev–Trinajstić information content (AvgIpc) is 2.95. The molecule has 0 spiro atoms. The lowest BCUT2D eigenvalue weighted by Gasteiger charge is -2.33. The van der Waals surface area contributed by atoms with Gasteiger partial charge in [0.1, 0.15) is 0 Å². The van der Waals surface area contributed by atoms with Crippen molar-refractivity contribution in [3.63, 3.8) is 0 Å². The molecule has 0 bridgehead atoms. The Kier molecular flexibility index (Phi) is 3.90. The first kappa shape index (κ1) is 13.7. The van der Waals surface area contributed by atoms with Gasteiger partial charge in [-0.2, -0.15) is 0 Å². The number of para-hydroxylation sites is 1. The molecule has 0 saturated carbocycles. The van der Waals surface area contributed by atoms with Gasteiger partial charge < -0.3 is 14.8 Å². The minimum absolute atomic E-state index is 0.0827. The zero-order valence-corrected chi connectivity index (χ0v) is 12.2. The van der Waals surface area contributed by atoms with E-state index in [9.17, 15) is 4.79 Å². The third-order valence-corrected chi connectivity index (χ3v) is 3.98. The zero-order chi connectivity index (χ0) is 14.7. The van der Waals surface area contributed by atoms with Gasteiger partial charge in [0.2, 0.25) is 0 Å². The smallest absolute Gasteiger partial charge is 0.287 e. The van der Waals surface area contributed by atoms with Gasteiger partial charge in [-0.3, -0.25) is 4.79 Å². The monoisotopic (exact) mass is 284 g/mol. The van der Waals surface area contributed by atoms with Crippen molar-refractivity contribution in [2.75, 3.05) is 18.0 Å². The van der Waals surface area contributed by atoms with Gasteiger partial charge in [-0.15, -0.1) is 0 Å². The van der Waals surface area contributed by atoms with E-state index in [1.807, 2.05) is 13.1 Å². The number of amides is 1. The van der Waals surface area contributed by atoms with Crippen LogP contribution >= 0.6 is 0 Å². The quantitative estimate of drug-likeness (QED) is 0.935. The molecule has 2 heterocycles. The number of carbonyl (C=O) groups is 1. The van der Waals surface area contributed by atoms with E-state index in [2.05, 4.69) is 39.5 Å². The molecule has 5 heteroatoms. The molecule has 1 amide bonds. The summed E-state index contributed by atoms with van der Waals surface area (Å²) in [6, 6.07) is 10.6. The Labute approximate surface area is 124 Å². The van der Waals surface area contributed by atoms with Crippen LogP contribution in [0.1, 0.15) is 23.5 Å². The number of rotatable bonds is 3. The van der Waals surface area contributed by atoms with Crippen molar-refractivity contribution in [3.05, 3.63) is 48.5 Å². The van der Waals surface area contributed by atoms with Crippen LogP contribution in [0.4, 0.5) is 5.69 Å². The topological polar surface area (TPSA) is 50.2 Å². The van der Waals surface area contributed by atoms with Gasteiger partial charge in [0.15, 0.2) is 5.82 Å². The summed E-state index contributed by atoms with van der Waals surface area (Å²) in [6.07, 6.45) is 5.36. The highest BCUT2D eigenvalue weighted by Crippen LogP contribution is 2.19. The number of anilines is 1. The normalized spacial score (nSPS) is 16.0. The first-order chi connectivity index (χ1) is 10.2. The number of carbonyl (C=O) groups excluding carboxylic acids is 1. The van der Waals surface area contributed by atoms with Crippen LogP contribution in [0.5, 0.6) is 0 Å². The third kappa shape index (κ3) is 3.07. The molecule has 21 heavy (non-hydrogen) atoms. The number of imidazole rings is 1. The molecule has 3 rings (SSSR count). The van der Waals surface area contributed by atoms with Crippen LogP contribution in [-0.2, 0) is 7.05 Å². The minimum atomic E-state index is -0.0827. The van der Waals surface area contributed by atoms with E-state index >= 15 is 0 Å². The fourth-order valence-electron chi connectivity index (χ4n) is 2.76. The van der Waals surface area contributed by atoms with Crippen LogP contribution in [0.25, 0.3) is 0 Å². The summed E-state index contributed by atoms with van der Waals surface area (Å²) < 4.78 is 1.74. The van der Waals surface area contributed by atoms with Crippen LogP contribution in [0.15, 0.2) is 42.7 Å². The average molecular weight is 284 g/mol. The second kappa shape index (κ2) is 5.99. The summed E-state index contributed by atoms with van der Waals surface area (Å²) in [6.45, 7) is 1.94. The van der Waals surface area contributed by atoms with E-state index in [1.165, 1.54) is 5.69 Å². The number of nitrogens with zero attached hydrogens (tertiary/aromatic N) is 3. The number of aromatic nitrogens is 2. The fourth-order valence-corrected chi connectivity index (χ4v) is 2.76. The molecule has 1 aliphatic rings. The van der Waals surface area contributed by atoms with Gasteiger partial charge in [0.25, 0.3) is 5.91 Å². The number of hydrogen-bond donors (Lipinski definition) is 1. The van der Waals surface area contributed by atoms with E-state index in [-0.39, 0.29) is 11.9 Å². The van der Waals surface area contributed by atoms with Crippen molar-refractivity contribution in [1.29, 1.82) is 0 Å². The molecule has 1 aromatic carbocycles. The maximum atomic E-state index is 12.1. The van der Waals surface area contributed by atoms with Crippen LogP contribution in [0, 0.1) is 0 Å². The van der Waals surface area contributed by atoms with E-state index in [0.29, 0.717) is 5.82 Å². The molecule has 0 unspecified atom stereocenters. The van der Waals surface area contributed by atoms with Crippen molar-refractivity contribution in [2.45, 2.75) is 18.9 Å². The lowest BCUT2D eigenvalue weighted by Crippen LogP contribution is -2.45. The predicted octanol–water partition coefficient (Wildman–Crippen LogP) is 1.82. The van der Waals surface area contributed by atoms with Crippen molar-refractivity contribution in [1.82, 2.24) is 14.9 Å². The summed E-state index contributed by atoms with van der Waals surface area (Å²) in [7, 11) is 1.83. The molecule has 1 N–H and O–H groups in total. The lowest BCUT2D eigenvalue weighted by atomic mass is 10.0. The van der Waals surface area contributed by atoms with Gasteiger partial charge in [0.05, 0.1) is 0 Å². The molecule has 0 atom stereocenters. The third-order valence-electron chi connectivity index (χ3n) is 3.98. The molecule has 110 valence electrons. The molecule has 5 nitrogen and oxygen atoms in total. The molecule has 1 saturated heterocycles. The van der Waals surface area contributed by atoms with Gasteiger partial charge in [-0.25, -0.2) is 4.98 Å².